The highest BCUT2D eigenvalue weighted by Gasteiger charge is 2.28. The molecule has 0 spiro atoms. The Hall–Kier alpha value is -1.47. The lowest BCUT2D eigenvalue weighted by Crippen LogP contribution is -2.32. The lowest BCUT2D eigenvalue weighted by atomic mass is 9.89. The van der Waals surface area contributed by atoms with Crippen molar-refractivity contribution in [2.75, 3.05) is 19.0 Å². The van der Waals surface area contributed by atoms with Crippen LogP contribution in [0.3, 0.4) is 0 Å². The fourth-order valence-electron chi connectivity index (χ4n) is 3.66. The van der Waals surface area contributed by atoms with Gasteiger partial charge in [-0.05, 0) is 48.8 Å². The molecule has 1 saturated heterocycles. The molecule has 0 amide bonds. The first-order chi connectivity index (χ1) is 14.7. The fourth-order valence-corrected chi connectivity index (χ4v) is 5.26. The van der Waals surface area contributed by atoms with E-state index < -0.39 is 22.8 Å². The summed E-state index contributed by atoms with van der Waals surface area (Å²) in [6, 6.07) is 11.9. The van der Waals surface area contributed by atoms with Crippen LogP contribution in [0.25, 0.3) is 0 Å². The van der Waals surface area contributed by atoms with Gasteiger partial charge >= 0.3 is 0 Å². The van der Waals surface area contributed by atoms with Gasteiger partial charge in [0.2, 0.25) is 0 Å². The smallest absolute Gasteiger partial charge is 0.181 e. The van der Waals surface area contributed by atoms with E-state index in [1.807, 2.05) is 39.0 Å². The molecule has 31 heavy (non-hydrogen) atoms. The van der Waals surface area contributed by atoms with Gasteiger partial charge in [-0.3, -0.25) is 0 Å². The van der Waals surface area contributed by atoms with E-state index in [4.69, 9.17) is 21.1 Å². The Morgan fingerprint density at radius 1 is 1.19 bits per heavy atom. The van der Waals surface area contributed by atoms with Crippen LogP contribution < -0.4 is 9.46 Å². The summed E-state index contributed by atoms with van der Waals surface area (Å²) in [7, 11) is -1.30. The van der Waals surface area contributed by atoms with Crippen LogP contribution in [0.15, 0.2) is 42.5 Å². The first-order valence-electron chi connectivity index (χ1n) is 10.7. The summed E-state index contributed by atoms with van der Waals surface area (Å²) in [6.45, 7) is 7.51. The first kappa shape index (κ1) is 24.2. The summed E-state index contributed by atoms with van der Waals surface area (Å²) >= 11 is 6.28. The number of ether oxygens (including phenoxy) is 2. The Kier molecular flexibility index (Phi) is 8.50. The van der Waals surface area contributed by atoms with Gasteiger partial charge in [-0.15, -0.1) is 0 Å². The topological polar surface area (TPSA) is 47.6 Å². The molecule has 0 aromatic heterocycles. The van der Waals surface area contributed by atoms with Crippen LogP contribution in [0.1, 0.15) is 51.6 Å². The van der Waals surface area contributed by atoms with Crippen LogP contribution in [0.5, 0.6) is 11.5 Å². The number of rotatable bonds is 8. The Labute approximate surface area is 192 Å². The predicted octanol–water partition coefficient (Wildman–Crippen LogP) is 6.43. The summed E-state index contributed by atoms with van der Waals surface area (Å²) in [6.07, 6.45) is 2.49. The van der Waals surface area contributed by atoms with Crippen molar-refractivity contribution in [2.45, 2.75) is 46.1 Å². The number of halogens is 2. The van der Waals surface area contributed by atoms with Gasteiger partial charge in [0, 0.05) is 30.6 Å². The second-order valence-electron chi connectivity index (χ2n) is 9.21. The largest absolute Gasteiger partial charge is 0.453 e. The standard InChI is InChI=1S/C24H31ClFNO3S/c1-24(2,3)16-31(28)27-21(15-17-11-13-29-14-12-17)19-9-10-20(25)23(22(19)26)30-18-7-5-4-6-8-18/h4-10,17,21,27H,11-16H2,1-3H3/t21-,31?/m1/s1. The van der Waals surface area contributed by atoms with E-state index in [2.05, 4.69) is 4.72 Å². The molecule has 1 fully saturated rings. The average molecular weight is 468 g/mol. The van der Waals surface area contributed by atoms with Crippen LogP contribution in [0.4, 0.5) is 4.39 Å². The molecule has 1 aliphatic heterocycles. The minimum absolute atomic E-state index is 0.00857. The van der Waals surface area contributed by atoms with E-state index in [9.17, 15) is 4.21 Å². The van der Waals surface area contributed by atoms with Crippen molar-refractivity contribution in [1.29, 1.82) is 0 Å². The third-order valence-corrected chi connectivity index (χ3v) is 7.14. The maximum absolute atomic E-state index is 15.6. The number of hydrogen-bond donors (Lipinski definition) is 1. The van der Waals surface area contributed by atoms with Crippen LogP contribution in [0.2, 0.25) is 5.02 Å². The number of para-hydroxylation sites is 1. The normalized spacial score (nSPS) is 17.3. The van der Waals surface area contributed by atoms with Crippen molar-refractivity contribution in [2.24, 2.45) is 11.3 Å². The minimum atomic E-state index is -1.30. The molecular weight excluding hydrogens is 437 g/mol. The zero-order valence-electron chi connectivity index (χ0n) is 18.3. The van der Waals surface area contributed by atoms with Crippen molar-refractivity contribution in [3.63, 3.8) is 0 Å². The van der Waals surface area contributed by atoms with Crippen molar-refractivity contribution in [3.05, 3.63) is 58.9 Å². The van der Waals surface area contributed by atoms with E-state index in [-0.39, 0.29) is 16.2 Å². The van der Waals surface area contributed by atoms with Crippen LogP contribution in [0, 0.1) is 17.2 Å². The Morgan fingerprint density at radius 3 is 2.52 bits per heavy atom. The highest BCUT2D eigenvalue weighted by molar-refractivity contribution is 7.83. The van der Waals surface area contributed by atoms with E-state index in [0.29, 0.717) is 42.6 Å². The lowest BCUT2D eigenvalue weighted by Gasteiger charge is -2.29. The van der Waals surface area contributed by atoms with Crippen LogP contribution in [-0.4, -0.2) is 23.2 Å². The molecule has 1 heterocycles. The molecule has 0 saturated carbocycles. The van der Waals surface area contributed by atoms with Gasteiger partial charge < -0.3 is 9.47 Å². The molecule has 0 radical (unpaired) electrons. The van der Waals surface area contributed by atoms with Gasteiger partial charge in [0.25, 0.3) is 0 Å². The molecule has 0 bridgehead atoms. The van der Waals surface area contributed by atoms with E-state index in [1.54, 1.807) is 24.3 Å². The van der Waals surface area contributed by atoms with Gasteiger partial charge in [-0.2, -0.15) is 0 Å². The second kappa shape index (κ2) is 10.9. The van der Waals surface area contributed by atoms with Crippen molar-refractivity contribution in [3.8, 4) is 11.5 Å². The molecule has 1 unspecified atom stereocenters. The molecule has 4 nitrogen and oxygen atoms in total. The van der Waals surface area contributed by atoms with Crippen LogP contribution >= 0.6 is 11.6 Å². The number of nitrogens with one attached hydrogen (secondary N) is 1. The van der Waals surface area contributed by atoms with E-state index in [1.165, 1.54) is 0 Å². The van der Waals surface area contributed by atoms with Crippen molar-refractivity contribution in [1.82, 2.24) is 4.72 Å². The Bertz CT molecular complexity index is 882. The number of hydrogen-bond acceptors (Lipinski definition) is 3. The molecule has 1 N–H and O–H groups in total. The molecule has 170 valence electrons. The summed E-state index contributed by atoms with van der Waals surface area (Å²) in [5.74, 6) is 0.816. The zero-order valence-corrected chi connectivity index (χ0v) is 19.9. The second-order valence-corrected chi connectivity index (χ2v) is 10.8. The summed E-state index contributed by atoms with van der Waals surface area (Å²) in [5.41, 5.74) is 0.311. The van der Waals surface area contributed by atoms with Gasteiger partial charge in [0.1, 0.15) is 5.75 Å². The zero-order chi connectivity index (χ0) is 22.4. The summed E-state index contributed by atoms with van der Waals surface area (Å²) in [5, 5.41) is 0.200. The quantitative estimate of drug-likeness (QED) is 0.486. The van der Waals surface area contributed by atoms with Gasteiger partial charge in [-0.1, -0.05) is 56.6 Å². The van der Waals surface area contributed by atoms with Crippen molar-refractivity contribution >= 4 is 22.6 Å². The highest BCUT2D eigenvalue weighted by atomic mass is 35.5. The molecule has 0 aliphatic carbocycles. The summed E-state index contributed by atoms with van der Waals surface area (Å²) in [4.78, 5) is 0. The average Bonchev–Trinajstić information content (AvgIpc) is 2.71. The molecule has 7 heteroatoms. The lowest BCUT2D eigenvalue weighted by molar-refractivity contribution is 0.0612. The monoisotopic (exact) mass is 467 g/mol. The minimum Gasteiger partial charge on any atom is -0.453 e. The van der Waals surface area contributed by atoms with Gasteiger partial charge in [0.05, 0.1) is 16.0 Å². The maximum Gasteiger partial charge on any atom is 0.181 e. The molecule has 2 atom stereocenters. The molecular formula is C24H31ClFNO3S. The first-order valence-corrected chi connectivity index (χ1v) is 12.4. The van der Waals surface area contributed by atoms with Crippen LogP contribution in [-0.2, 0) is 15.7 Å². The molecule has 2 aromatic carbocycles. The Morgan fingerprint density at radius 2 is 1.87 bits per heavy atom. The van der Waals surface area contributed by atoms with E-state index in [0.717, 1.165) is 12.8 Å². The third-order valence-electron chi connectivity index (χ3n) is 5.17. The highest BCUT2D eigenvalue weighted by Crippen LogP contribution is 2.38. The van der Waals surface area contributed by atoms with Crippen molar-refractivity contribution < 1.29 is 18.1 Å². The molecule has 1 aliphatic rings. The third kappa shape index (κ3) is 7.28. The van der Waals surface area contributed by atoms with Gasteiger partial charge in [-0.25, -0.2) is 13.3 Å². The SMILES string of the molecule is CC(C)(C)CS(=O)N[C@H](CC1CCOCC1)c1ccc(Cl)c(Oc2ccccc2)c1F. The Balaban J connectivity index is 1.89. The number of benzene rings is 2. The summed E-state index contributed by atoms with van der Waals surface area (Å²) < 4.78 is 42.9. The molecule has 2 aromatic rings. The predicted molar refractivity (Wildman–Crippen MR) is 124 cm³/mol. The van der Waals surface area contributed by atoms with E-state index >= 15 is 4.39 Å². The fraction of sp³-hybridized carbons (Fsp3) is 0.500. The maximum atomic E-state index is 15.6. The molecule has 3 rings (SSSR count). The van der Waals surface area contributed by atoms with Gasteiger partial charge in [0.15, 0.2) is 11.6 Å².